The van der Waals surface area contributed by atoms with Crippen LogP contribution in [0.25, 0.3) is 0 Å². The first-order valence-electron chi connectivity index (χ1n) is 12.4. The van der Waals surface area contributed by atoms with Gasteiger partial charge in [-0.1, -0.05) is 30.3 Å². The lowest BCUT2D eigenvalue weighted by Gasteiger charge is -2.38. The van der Waals surface area contributed by atoms with Crippen LogP contribution in [0.1, 0.15) is 18.5 Å². The maximum Gasteiger partial charge on any atom is 0.250 e. The van der Waals surface area contributed by atoms with Gasteiger partial charge in [-0.3, -0.25) is 4.79 Å². The van der Waals surface area contributed by atoms with E-state index in [9.17, 15) is 13.2 Å². The molecule has 2 N–H and O–H groups in total. The van der Waals surface area contributed by atoms with Gasteiger partial charge < -0.3 is 24.6 Å². The lowest BCUT2D eigenvalue weighted by atomic mass is 10.1. The van der Waals surface area contributed by atoms with Gasteiger partial charge in [0.15, 0.2) is 0 Å². The van der Waals surface area contributed by atoms with Crippen LogP contribution in [0.3, 0.4) is 0 Å². The molecule has 1 saturated heterocycles. The highest BCUT2D eigenvalue weighted by Crippen LogP contribution is 2.31. The monoisotopic (exact) mass is 538 g/mol. The topological polar surface area (TPSA) is 100 Å². The highest BCUT2D eigenvalue weighted by molar-refractivity contribution is 7.89. The molecule has 38 heavy (non-hydrogen) atoms. The molecule has 1 atom stereocenters. The Morgan fingerprint density at radius 1 is 0.921 bits per heavy atom. The van der Waals surface area contributed by atoms with Crippen molar-refractivity contribution in [3.05, 3.63) is 78.4 Å². The molecule has 0 bridgehead atoms. The van der Waals surface area contributed by atoms with Crippen molar-refractivity contribution >= 4 is 33.0 Å². The van der Waals surface area contributed by atoms with E-state index in [-0.39, 0.29) is 17.4 Å². The van der Waals surface area contributed by atoms with Crippen LogP contribution in [0.5, 0.6) is 5.75 Å². The van der Waals surface area contributed by atoms with Crippen molar-refractivity contribution in [1.82, 2.24) is 4.72 Å². The second kappa shape index (κ2) is 12.3. The van der Waals surface area contributed by atoms with Gasteiger partial charge in [0.25, 0.3) is 0 Å². The van der Waals surface area contributed by atoms with Gasteiger partial charge in [-0.2, -0.15) is 0 Å². The molecule has 1 aliphatic heterocycles. The number of anilines is 3. The predicted molar refractivity (Wildman–Crippen MR) is 150 cm³/mol. The molecule has 3 aromatic carbocycles. The zero-order valence-corrected chi connectivity index (χ0v) is 22.7. The van der Waals surface area contributed by atoms with E-state index in [2.05, 4.69) is 19.8 Å². The molecule has 0 aromatic heterocycles. The Morgan fingerprint density at radius 2 is 1.58 bits per heavy atom. The summed E-state index contributed by atoms with van der Waals surface area (Å²) in [6.45, 7) is 4.42. The molecule has 4 rings (SSSR count). The summed E-state index contributed by atoms with van der Waals surface area (Å²) < 4.78 is 40.3. The molecule has 1 heterocycles. The number of hydrogen-bond donors (Lipinski definition) is 2. The third kappa shape index (κ3) is 6.63. The standard InChI is InChI=1S/C28H34N4O5S/c1-21(22-7-5-4-6-8-22)30-38(34,35)27-19-23(29-28(33)20-36-2)9-14-26(27)32-17-15-31(16-18-32)24-10-12-25(37-3)13-11-24/h4-14,19,21,30H,15-18,20H2,1-3H3,(H,29,33)/t21-/m1/s1. The predicted octanol–water partition coefficient (Wildman–Crippen LogP) is 3.65. The Kier molecular flexibility index (Phi) is 8.88. The molecule has 202 valence electrons. The van der Waals surface area contributed by atoms with Crippen molar-refractivity contribution in [2.45, 2.75) is 17.9 Å². The van der Waals surface area contributed by atoms with Crippen LogP contribution in [-0.2, 0) is 19.6 Å². The largest absolute Gasteiger partial charge is 0.497 e. The van der Waals surface area contributed by atoms with Crippen LogP contribution in [0, 0.1) is 0 Å². The highest BCUT2D eigenvalue weighted by atomic mass is 32.2. The Labute approximate surface area is 224 Å². The number of piperazine rings is 1. The van der Waals surface area contributed by atoms with Crippen molar-refractivity contribution < 1.29 is 22.7 Å². The molecule has 0 aliphatic carbocycles. The van der Waals surface area contributed by atoms with Crippen LogP contribution in [0.4, 0.5) is 17.1 Å². The molecule has 0 saturated carbocycles. The number of nitrogens with zero attached hydrogens (tertiary/aromatic N) is 2. The van der Waals surface area contributed by atoms with E-state index in [1.54, 1.807) is 19.2 Å². The lowest BCUT2D eigenvalue weighted by molar-refractivity contribution is -0.119. The summed E-state index contributed by atoms with van der Waals surface area (Å²) in [7, 11) is -0.862. The van der Waals surface area contributed by atoms with Crippen molar-refractivity contribution in [1.29, 1.82) is 0 Å². The first-order chi connectivity index (χ1) is 18.3. The molecule has 1 fully saturated rings. The summed E-state index contributed by atoms with van der Waals surface area (Å²) >= 11 is 0. The van der Waals surface area contributed by atoms with Crippen molar-refractivity contribution in [3.63, 3.8) is 0 Å². The third-order valence-electron chi connectivity index (χ3n) is 6.50. The van der Waals surface area contributed by atoms with Gasteiger partial charge in [0.2, 0.25) is 15.9 Å². The molecule has 0 radical (unpaired) electrons. The van der Waals surface area contributed by atoms with Gasteiger partial charge in [0.1, 0.15) is 17.3 Å². The molecular weight excluding hydrogens is 504 g/mol. The van der Waals surface area contributed by atoms with Crippen LogP contribution in [0.15, 0.2) is 77.7 Å². The van der Waals surface area contributed by atoms with E-state index in [0.717, 1.165) is 30.1 Å². The smallest absolute Gasteiger partial charge is 0.250 e. The second-order valence-electron chi connectivity index (χ2n) is 9.09. The summed E-state index contributed by atoms with van der Waals surface area (Å²) in [6, 6.07) is 21.9. The molecule has 0 spiro atoms. The quantitative estimate of drug-likeness (QED) is 0.407. The molecule has 10 heteroatoms. The summed E-state index contributed by atoms with van der Waals surface area (Å²) in [5.41, 5.74) is 2.93. The number of nitrogens with one attached hydrogen (secondary N) is 2. The number of carbonyl (C=O) groups excluding carboxylic acids is 1. The zero-order valence-electron chi connectivity index (χ0n) is 21.9. The molecule has 1 amide bonds. The number of amides is 1. The highest BCUT2D eigenvalue weighted by Gasteiger charge is 2.27. The fourth-order valence-corrected chi connectivity index (χ4v) is 5.98. The molecule has 9 nitrogen and oxygen atoms in total. The SMILES string of the molecule is COCC(=O)Nc1ccc(N2CCN(c3ccc(OC)cc3)CC2)c(S(=O)(=O)N[C@H](C)c2ccccc2)c1. The fraction of sp³-hybridized carbons (Fsp3) is 0.321. The van der Waals surface area contributed by atoms with Gasteiger partial charge in [-0.25, -0.2) is 13.1 Å². The summed E-state index contributed by atoms with van der Waals surface area (Å²) in [4.78, 5) is 16.6. The number of sulfonamides is 1. The summed E-state index contributed by atoms with van der Waals surface area (Å²) in [5, 5.41) is 2.72. The van der Waals surface area contributed by atoms with Crippen molar-refractivity contribution in [2.75, 3.05) is 62.1 Å². The van der Waals surface area contributed by atoms with E-state index >= 15 is 0 Å². The van der Waals surface area contributed by atoms with Gasteiger partial charge in [0, 0.05) is 50.7 Å². The number of rotatable bonds is 10. The number of methoxy groups -OCH3 is 2. The molecule has 0 unspecified atom stereocenters. The second-order valence-corrected chi connectivity index (χ2v) is 10.8. The Bertz CT molecular complexity index is 1330. The molecular formula is C28H34N4O5S. The fourth-order valence-electron chi connectivity index (χ4n) is 4.50. The van der Waals surface area contributed by atoms with Crippen LogP contribution in [0.2, 0.25) is 0 Å². The normalized spacial score (nSPS) is 14.7. The van der Waals surface area contributed by atoms with Crippen molar-refractivity contribution in [3.8, 4) is 5.75 Å². The van der Waals surface area contributed by atoms with E-state index in [0.29, 0.717) is 24.5 Å². The first kappa shape index (κ1) is 27.4. The van der Waals surface area contributed by atoms with Gasteiger partial charge >= 0.3 is 0 Å². The average Bonchev–Trinajstić information content (AvgIpc) is 2.93. The average molecular weight is 539 g/mol. The lowest BCUT2D eigenvalue weighted by Crippen LogP contribution is -2.47. The summed E-state index contributed by atoms with van der Waals surface area (Å²) in [6.07, 6.45) is 0. The van der Waals surface area contributed by atoms with Crippen molar-refractivity contribution in [2.24, 2.45) is 0 Å². The number of carbonyl (C=O) groups is 1. The minimum absolute atomic E-state index is 0.119. The van der Waals surface area contributed by atoms with Crippen LogP contribution >= 0.6 is 0 Å². The maximum absolute atomic E-state index is 13.7. The number of ether oxygens (including phenoxy) is 2. The Hall–Kier alpha value is -3.60. The molecule has 3 aromatic rings. The minimum Gasteiger partial charge on any atom is -0.497 e. The molecule has 1 aliphatic rings. The summed E-state index contributed by atoms with van der Waals surface area (Å²) in [5.74, 6) is 0.444. The first-order valence-corrected chi connectivity index (χ1v) is 13.9. The zero-order chi connectivity index (χ0) is 27.1. The van der Waals surface area contributed by atoms with Crippen LogP contribution in [-0.4, -0.2) is 61.3 Å². The minimum atomic E-state index is -3.93. The van der Waals surface area contributed by atoms with E-state index in [4.69, 9.17) is 9.47 Å². The van der Waals surface area contributed by atoms with Crippen LogP contribution < -0.4 is 24.6 Å². The van der Waals surface area contributed by atoms with E-state index in [1.807, 2.05) is 61.5 Å². The number of benzene rings is 3. The van der Waals surface area contributed by atoms with Gasteiger partial charge in [-0.15, -0.1) is 0 Å². The maximum atomic E-state index is 13.7. The van der Waals surface area contributed by atoms with Gasteiger partial charge in [0.05, 0.1) is 12.8 Å². The Balaban J connectivity index is 1.58. The van der Waals surface area contributed by atoms with Gasteiger partial charge in [-0.05, 0) is 55.0 Å². The third-order valence-corrected chi connectivity index (χ3v) is 8.07. The number of hydrogen-bond acceptors (Lipinski definition) is 7. The van der Waals surface area contributed by atoms with E-state index < -0.39 is 16.1 Å². The Morgan fingerprint density at radius 3 is 2.21 bits per heavy atom. The van der Waals surface area contributed by atoms with E-state index in [1.165, 1.54) is 13.2 Å².